The molecule has 8 heteroatoms. The minimum atomic E-state index is 0.445. The standard InChI is InChI=1S/C25H26N6O2/c1-31(12-14-32-2)13-15-33-21-10-8-18(9-11-21)24-29-23-22(28-20-6-4-3-5-7-20)19(16-26)17-27-25(23)30-24/h3-11,17H,12-15H2,1-2H3,(H2,27,28,29,30). The predicted octanol–water partition coefficient (Wildman–Crippen LogP) is 4.20. The Morgan fingerprint density at radius 1 is 1.06 bits per heavy atom. The number of para-hydroxylation sites is 1. The van der Waals surface area contributed by atoms with Crippen molar-refractivity contribution in [2.45, 2.75) is 0 Å². The molecule has 168 valence electrons. The third-order valence-electron chi connectivity index (χ3n) is 5.23. The molecule has 0 aliphatic rings. The van der Waals surface area contributed by atoms with Crippen molar-refractivity contribution in [2.24, 2.45) is 0 Å². The van der Waals surface area contributed by atoms with Gasteiger partial charge in [-0.2, -0.15) is 5.26 Å². The maximum absolute atomic E-state index is 9.57. The summed E-state index contributed by atoms with van der Waals surface area (Å²) in [7, 11) is 3.74. The Kier molecular flexibility index (Phi) is 7.15. The van der Waals surface area contributed by atoms with Crippen LogP contribution in [0.4, 0.5) is 11.4 Å². The minimum absolute atomic E-state index is 0.445. The molecule has 0 radical (unpaired) electrons. The summed E-state index contributed by atoms with van der Waals surface area (Å²) in [6.45, 7) is 2.99. The number of fused-ring (bicyclic) bond motifs is 1. The van der Waals surface area contributed by atoms with Gasteiger partial charge in [-0.05, 0) is 43.4 Å². The van der Waals surface area contributed by atoms with Gasteiger partial charge < -0.3 is 24.7 Å². The molecule has 0 bridgehead atoms. The first-order valence-electron chi connectivity index (χ1n) is 10.7. The van der Waals surface area contributed by atoms with Crippen molar-refractivity contribution >= 4 is 22.5 Å². The maximum atomic E-state index is 9.57. The Bertz CT molecular complexity index is 1230. The van der Waals surface area contributed by atoms with Gasteiger partial charge in [-0.1, -0.05) is 18.2 Å². The van der Waals surface area contributed by atoms with E-state index in [1.165, 1.54) is 0 Å². The van der Waals surface area contributed by atoms with Crippen LogP contribution in [0.1, 0.15) is 5.56 Å². The largest absolute Gasteiger partial charge is 0.492 e. The van der Waals surface area contributed by atoms with Gasteiger partial charge in [0.1, 0.15) is 29.8 Å². The zero-order valence-corrected chi connectivity index (χ0v) is 18.7. The highest BCUT2D eigenvalue weighted by molar-refractivity contribution is 5.92. The number of likely N-dealkylation sites (N-methyl/N-ethyl adjacent to an activating group) is 1. The summed E-state index contributed by atoms with van der Waals surface area (Å²) >= 11 is 0. The summed E-state index contributed by atoms with van der Waals surface area (Å²) in [5, 5.41) is 12.9. The highest BCUT2D eigenvalue weighted by Crippen LogP contribution is 2.30. The van der Waals surface area contributed by atoms with Gasteiger partial charge in [0, 0.05) is 37.6 Å². The molecule has 33 heavy (non-hydrogen) atoms. The SMILES string of the molecule is COCCN(C)CCOc1ccc(-c2nc3ncc(C#N)c(Nc4ccccc4)c3[nH]2)cc1. The number of anilines is 2. The van der Waals surface area contributed by atoms with Crippen LogP contribution in [0.15, 0.2) is 60.8 Å². The number of pyridine rings is 1. The van der Waals surface area contributed by atoms with E-state index in [1.54, 1.807) is 13.3 Å². The van der Waals surface area contributed by atoms with Crippen LogP contribution < -0.4 is 10.1 Å². The third kappa shape index (κ3) is 5.47. The molecule has 0 aliphatic carbocycles. The van der Waals surface area contributed by atoms with E-state index in [0.29, 0.717) is 41.5 Å². The van der Waals surface area contributed by atoms with Gasteiger partial charge in [-0.15, -0.1) is 0 Å². The van der Waals surface area contributed by atoms with Crippen molar-refractivity contribution in [3.05, 3.63) is 66.4 Å². The van der Waals surface area contributed by atoms with Crippen LogP contribution in [0.5, 0.6) is 5.75 Å². The van der Waals surface area contributed by atoms with Crippen molar-refractivity contribution in [3.63, 3.8) is 0 Å². The third-order valence-corrected chi connectivity index (χ3v) is 5.23. The monoisotopic (exact) mass is 442 g/mol. The summed E-state index contributed by atoms with van der Waals surface area (Å²) in [5.74, 6) is 1.47. The van der Waals surface area contributed by atoms with Gasteiger partial charge in [0.05, 0.1) is 17.9 Å². The van der Waals surface area contributed by atoms with E-state index < -0.39 is 0 Å². The summed E-state index contributed by atoms with van der Waals surface area (Å²) in [4.78, 5) is 14.5. The van der Waals surface area contributed by atoms with Crippen molar-refractivity contribution < 1.29 is 9.47 Å². The fourth-order valence-electron chi connectivity index (χ4n) is 3.36. The molecule has 4 rings (SSSR count). The topological polar surface area (TPSA) is 99.1 Å². The first-order valence-corrected chi connectivity index (χ1v) is 10.7. The molecule has 2 aromatic heterocycles. The molecule has 0 fully saturated rings. The highest BCUT2D eigenvalue weighted by Gasteiger charge is 2.14. The number of hydrogen-bond donors (Lipinski definition) is 2. The molecule has 0 atom stereocenters. The first kappa shape index (κ1) is 22.3. The van der Waals surface area contributed by atoms with Crippen molar-refractivity contribution in [2.75, 3.05) is 45.8 Å². The maximum Gasteiger partial charge on any atom is 0.180 e. The Morgan fingerprint density at radius 3 is 2.55 bits per heavy atom. The van der Waals surface area contributed by atoms with E-state index in [9.17, 15) is 5.26 Å². The lowest BCUT2D eigenvalue weighted by Gasteiger charge is -2.16. The molecule has 4 aromatic rings. The molecule has 0 saturated heterocycles. The molecular weight excluding hydrogens is 416 g/mol. The number of hydrogen-bond acceptors (Lipinski definition) is 7. The van der Waals surface area contributed by atoms with Crippen LogP contribution >= 0.6 is 0 Å². The zero-order chi connectivity index (χ0) is 23.0. The van der Waals surface area contributed by atoms with Crippen molar-refractivity contribution in [1.82, 2.24) is 19.9 Å². The summed E-state index contributed by atoms with van der Waals surface area (Å²) in [6, 6.07) is 19.7. The predicted molar refractivity (Wildman–Crippen MR) is 129 cm³/mol. The number of rotatable bonds is 10. The number of ether oxygens (including phenoxy) is 2. The lowest BCUT2D eigenvalue weighted by atomic mass is 10.2. The van der Waals surface area contributed by atoms with Crippen LogP contribution in [-0.4, -0.2) is 60.3 Å². The quantitative estimate of drug-likeness (QED) is 0.380. The Labute approximate surface area is 192 Å². The zero-order valence-electron chi connectivity index (χ0n) is 18.7. The number of aromatic nitrogens is 3. The highest BCUT2D eigenvalue weighted by atomic mass is 16.5. The lowest BCUT2D eigenvalue weighted by molar-refractivity contribution is 0.150. The number of nitrogens with zero attached hydrogens (tertiary/aromatic N) is 4. The smallest absolute Gasteiger partial charge is 0.180 e. The molecule has 2 N–H and O–H groups in total. The van der Waals surface area contributed by atoms with Crippen LogP contribution in [0.2, 0.25) is 0 Å². The van der Waals surface area contributed by atoms with Crippen LogP contribution in [0.25, 0.3) is 22.6 Å². The Balaban J connectivity index is 1.51. The number of nitrogens with one attached hydrogen (secondary N) is 2. The second kappa shape index (κ2) is 10.6. The van der Waals surface area contributed by atoms with Crippen molar-refractivity contribution in [1.29, 1.82) is 5.26 Å². The lowest BCUT2D eigenvalue weighted by Crippen LogP contribution is -2.27. The summed E-state index contributed by atoms with van der Waals surface area (Å²) < 4.78 is 10.9. The molecule has 0 unspecified atom stereocenters. The normalized spacial score (nSPS) is 11.0. The molecular formula is C25H26N6O2. The Morgan fingerprint density at radius 2 is 1.82 bits per heavy atom. The van der Waals surface area contributed by atoms with Gasteiger partial charge in [0.15, 0.2) is 5.65 Å². The molecule has 8 nitrogen and oxygen atoms in total. The summed E-state index contributed by atoms with van der Waals surface area (Å²) in [6.07, 6.45) is 1.54. The molecule has 0 aliphatic heterocycles. The Hall–Kier alpha value is -3.93. The van der Waals surface area contributed by atoms with Gasteiger partial charge in [-0.3, -0.25) is 0 Å². The number of nitriles is 1. The summed E-state index contributed by atoms with van der Waals surface area (Å²) in [5.41, 5.74) is 4.12. The molecule has 0 amide bonds. The van der Waals surface area contributed by atoms with E-state index >= 15 is 0 Å². The van der Waals surface area contributed by atoms with Gasteiger partial charge >= 0.3 is 0 Å². The average molecular weight is 443 g/mol. The van der Waals surface area contributed by atoms with Crippen molar-refractivity contribution in [3.8, 4) is 23.2 Å². The average Bonchev–Trinajstić information content (AvgIpc) is 3.29. The molecule has 2 heterocycles. The fourth-order valence-corrected chi connectivity index (χ4v) is 3.36. The van der Waals surface area contributed by atoms with Crippen LogP contribution in [0, 0.1) is 11.3 Å². The first-order chi connectivity index (χ1) is 16.2. The fraction of sp³-hybridized carbons (Fsp3) is 0.240. The van der Waals surface area contributed by atoms with E-state index in [-0.39, 0.29) is 0 Å². The van der Waals surface area contributed by atoms with Gasteiger partial charge in [-0.25, -0.2) is 9.97 Å². The van der Waals surface area contributed by atoms with Gasteiger partial charge in [0.25, 0.3) is 0 Å². The minimum Gasteiger partial charge on any atom is -0.492 e. The number of imidazole rings is 1. The molecule has 0 saturated carbocycles. The van der Waals surface area contributed by atoms with Gasteiger partial charge in [0.2, 0.25) is 0 Å². The van der Waals surface area contributed by atoms with E-state index in [2.05, 4.69) is 31.2 Å². The number of benzene rings is 2. The number of aromatic amines is 1. The van der Waals surface area contributed by atoms with E-state index in [4.69, 9.17) is 9.47 Å². The molecule has 0 spiro atoms. The number of methoxy groups -OCH3 is 1. The molecule has 2 aromatic carbocycles. The second-order valence-corrected chi connectivity index (χ2v) is 7.60. The van der Waals surface area contributed by atoms with Crippen LogP contribution in [0.3, 0.4) is 0 Å². The van der Waals surface area contributed by atoms with E-state index in [0.717, 1.165) is 30.1 Å². The van der Waals surface area contributed by atoms with E-state index in [1.807, 2.05) is 61.6 Å². The number of H-pyrrole nitrogens is 1. The van der Waals surface area contributed by atoms with Crippen LogP contribution in [-0.2, 0) is 4.74 Å². The second-order valence-electron chi connectivity index (χ2n) is 7.60.